The highest BCUT2D eigenvalue weighted by Gasteiger charge is 2.08. The van der Waals surface area contributed by atoms with Gasteiger partial charge in [-0.15, -0.1) is 0 Å². The molecule has 0 heterocycles. The summed E-state index contributed by atoms with van der Waals surface area (Å²) >= 11 is 14.5. The van der Waals surface area contributed by atoms with Crippen molar-refractivity contribution in [3.63, 3.8) is 0 Å². The maximum Gasteiger partial charge on any atom is 0.357 e. The second kappa shape index (κ2) is 4.48. The summed E-state index contributed by atoms with van der Waals surface area (Å²) < 4.78 is 23.1. The molecular weight excluding hydrogens is 258 g/mol. The van der Waals surface area contributed by atoms with E-state index in [1.54, 1.807) is 0 Å². The zero-order valence-corrected chi connectivity index (χ0v) is 9.04. The molecule has 0 saturated carbocycles. The quantitative estimate of drug-likeness (QED) is 0.657. The van der Waals surface area contributed by atoms with Gasteiger partial charge in [-0.25, -0.2) is 0 Å². The molecule has 0 aliphatic rings. The minimum Gasteiger partial charge on any atom is -0.380 e. The fourth-order valence-electron chi connectivity index (χ4n) is 0.663. The van der Waals surface area contributed by atoms with Crippen LogP contribution in [0.2, 0.25) is 15.1 Å². The van der Waals surface area contributed by atoms with E-state index in [9.17, 15) is 4.21 Å². The third kappa shape index (κ3) is 3.00. The van der Waals surface area contributed by atoms with Crippen LogP contribution in [-0.2, 0) is 11.4 Å². The third-order valence-electron chi connectivity index (χ3n) is 1.12. The second-order valence-electron chi connectivity index (χ2n) is 2.00. The van der Waals surface area contributed by atoms with Crippen molar-refractivity contribution in [2.24, 2.45) is 0 Å². The summed E-state index contributed by atoms with van der Waals surface area (Å²) in [6.45, 7) is 0. The molecule has 1 N–H and O–H groups in total. The highest BCUT2D eigenvalue weighted by Crippen LogP contribution is 2.34. The molecule has 3 nitrogen and oxygen atoms in total. The summed E-state index contributed by atoms with van der Waals surface area (Å²) in [5, 5.41) is 0.503. The van der Waals surface area contributed by atoms with Crippen LogP contribution in [-0.4, -0.2) is 8.76 Å². The zero-order valence-electron chi connectivity index (χ0n) is 5.96. The molecule has 0 amide bonds. The van der Waals surface area contributed by atoms with Gasteiger partial charge in [0.05, 0.1) is 15.1 Å². The fourth-order valence-corrected chi connectivity index (χ4v) is 1.50. The van der Waals surface area contributed by atoms with Crippen molar-refractivity contribution in [3.05, 3.63) is 27.2 Å². The number of halogens is 3. The molecule has 0 aromatic heterocycles. The van der Waals surface area contributed by atoms with E-state index < -0.39 is 11.4 Å². The van der Waals surface area contributed by atoms with Crippen molar-refractivity contribution < 1.29 is 12.9 Å². The largest absolute Gasteiger partial charge is 0.380 e. The zero-order chi connectivity index (χ0) is 10.0. The number of hydrogen-bond donors (Lipinski definition) is 1. The molecule has 1 atom stereocenters. The Bertz CT molecular complexity index is 332. The van der Waals surface area contributed by atoms with Gasteiger partial charge >= 0.3 is 11.4 Å². The average Bonchev–Trinajstić information content (AvgIpc) is 1.98. The van der Waals surface area contributed by atoms with Crippen LogP contribution in [0.25, 0.3) is 0 Å². The van der Waals surface area contributed by atoms with Gasteiger partial charge in [0.15, 0.2) is 0 Å². The Balaban J connectivity index is 3.06. The highest BCUT2D eigenvalue weighted by atomic mass is 35.5. The molecule has 0 aliphatic carbocycles. The molecule has 1 rings (SSSR count). The van der Waals surface area contributed by atoms with Gasteiger partial charge in [-0.3, -0.25) is 4.55 Å². The normalized spacial score (nSPS) is 12.6. The minimum atomic E-state index is -2.40. The molecule has 0 fully saturated rings. The van der Waals surface area contributed by atoms with Crippen molar-refractivity contribution in [1.82, 2.24) is 0 Å². The Morgan fingerprint density at radius 1 is 1.23 bits per heavy atom. The van der Waals surface area contributed by atoms with Crippen LogP contribution >= 0.6 is 34.8 Å². The molecule has 1 unspecified atom stereocenters. The van der Waals surface area contributed by atoms with Crippen molar-refractivity contribution in [2.75, 3.05) is 0 Å². The van der Waals surface area contributed by atoms with Crippen LogP contribution in [0.4, 0.5) is 0 Å². The molecule has 0 saturated heterocycles. The number of rotatable bonds is 2. The topological polar surface area (TPSA) is 46.5 Å². The SMILES string of the molecule is O=S(O)Oc1cc(Cl)c(Cl)c(Cl)c1. The maximum absolute atomic E-state index is 10.2. The first-order chi connectivity index (χ1) is 6.00. The van der Waals surface area contributed by atoms with E-state index in [0.29, 0.717) is 0 Å². The van der Waals surface area contributed by atoms with Gasteiger partial charge in [-0.05, 0) is 0 Å². The summed E-state index contributed by atoms with van der Waals surface area (Å²) in [5.74, 6) is 0.0835. The van der Waals surface area contributed by atoms with Crippen LogP contribution in [0.1, 0.15) is 0 Å². The Morgan fingerprint density at radius 3 is 2.08 bits per heavy atom. The molecule has 7 heteroatoms. The van der Waals surface area contributed by atoms with E-state index in [-0.39, 0.29) is 20.8 Å². The lowest BCUT2D eigenvalue weighted by atomic mass is 10.3. The molecule has 72 valence electrons. The third-order valence-corrected chi connectivity index (χ3v) is 2.66. The monoisotopic (exact) mass is 260 g/mol. The van der Waals surface area contributed by atoms with Crippen molar-refractivity contribution >= 4 is 46.2 Å². The minimum absolute atomic E-state index is 0.0835. The van der Waals surface area contributed by atoms with Crippen LogP contribution in [0.5, 0.6) is 5.75 Å². The summed E-state index contributed by atoms with van der Waals surface area (Å²) in [6.07, 6.45) is 0. The highest BCUT2D eigenvalue weighted by molar-refractivity contribution is 7.74. The van der Waals surface area contributed by atoms with Gasteiger partial charge in [0.25, 0.3) is 0 Å². The smallest absolute Gasteiger partial charge is 0.357 e. The summed E-state index contributed by atoms with van der Waals surface area (Å²) in [5.41, 5.74) is 0. The van der Waals surface area contributed by atoms with E-state index in [2.05, 4.69) is 4.18 Å². The van der Waals surface area contributed by atoms with Gasteiger partial charge in [0, 0.05) is 12.1 Å². The van der Waals surface area contributed by atoms with Gasteiger partial charge < -0.3 is 4.18 Å². The van der Waals surface area contributed by atoms with E-state index >= 15 is 0 Å². The maximum atomic E-state index is 10.2. The van der Waals surface area contributed by atoms with Crippen molar-refractivity contribution in [1.29, 1.82) is 0 Å². The first-order valence-electron chi connectivity index (χ1n) is 2.94. The van der Waals surface area contributed by atoms with E-state index in [4.69, 9.17) is 39.4 Å². The average molecular weight is 262 g/mol. The molecule has 1 aromatic carbocycles. The van der Waals surface area contributed by atoms with Crippen molar-refractivity contribution in [3.8, 4) is 5.75 Å². The molecule has 0 radical (unpaired) electrons. The molecular formula is C6H3Cl3O3S. The van der Waals surface area contributed by atoms with Crippen LogP contribution < -0.4 is 4.18 Å². The first kappa shape index (κ1) is 11.1. The Kier molecular flexibility index (Phi) is 3.82. The van der Waals surface area contributed by atoms with Gasteiger partial charge in [-0.1, -0.05) is 34.8 Å². The lowest BCUT2D eigenvalue weighted by Gasteiger charge is -2.03. The second-order valence-corrected chi connectivity index (χ2v) is 3.79. The lowest BCUT2D eigenvalue weighted by molar-refractivity contribution is 0.458. The van der Waals surface area contributed by atoms with Gasteiger partial charge in [-0.2, -0.15) is 4.21 Å². The molecule has 0 spiro atoms. The van der Waals surface area contributed by atoms with Crippen LogP contribution in [0, 0.1) is 0 Å². The Morgan fingerprint density at radius 2 is 1.69 bits per heavy atom. The van der Waals surface area contributed by atoms with Gasteiger partial charge in [0.1, 0.15) is 5.75 Å². The Hall–Kier alpha value is -0.000000000000000167. The molecule has 0 bridgehead atoms. The van der Waals surface area contributed by atoms with E-state index in [0.717, 1.165) is 0 Å². The Labute approximate surface area is 92.0 Å². The molecule has 13 heavy (non-hydrogen) atoms. The lowest BCUT2D eigenvalue weighted by Crippen LogP contribution is -1.97. The van der Waals surface area contributed by atoms with Crippen LogP contribution in [0.3, 0.4) is 0 Å². The van der Waals surface area contributed by atoms with Gasteiger partial charge in [0.2, 0.25) is 0 Å². The summed E-state index contributed by atoms with van der Waals surface area (Å²) in [4.78, 5) is 0. The summed E-state index contributed by atoms with van der Waals surface area (Å²) in [6, 6.07) is 2.59. The first-order valence-corrected chi connectivity index (χ1v) is 5.11. The van der Waals surface area contributed by atoms with E-state index in [1.807, 2.05) is 0 Å². The van der Waals surface area contributed by atoms with Crippen molar-refractivity contribution in [2.45, 2.75) is 0 Å². The molecule has 1 aromatic rings. The fraction of sp³-hybridized carbons (Fsp3) is 0. The molecule has 0 aliphatic heterocycles. The van der Waals surface area contributed by atoms with Crippen LogP contribution in [0.15, 0.2) is 12.1 Å². The standard InChI is InChI=1S/C6H3Cl3O3S/c7-4-1-3(12-13(10)11)2-5(8)6(4)9/h1-2H,(H,10,11). The predicted octanol–water partition coefficient (Wildman–Crippen LogP) is 3.16. The number of benzene rings is 1. The summed E-state index contributed by atoms with van der Waals surface area (Å²) in [7, 11) is 0. The predicted molar refractivity (Wildman–Crippen MR) is 52.9 cm³/mol. The van der Waals surface area contributed by atoms with E-state index in [1.165, 1.54) is 12.1 Å². The number of hydrogen-bond acceptors (Lipinski definition) is 2.